The molecule has 0 radical (unpaired) electrons. The zero-order valence-corrected chi connectivity index (χ0v) is 16.4. The average molecular weight is 395 g/mol. The van der Waals surface area contributed by atoms with E-state index in [-0.39, 0.29) is 36.9 Å². The van der Waals surface area contributed by atoms with E-state index in [4.69, 9.17) is 4.74 Å². The van der Waals surface area contributed by atoms with Crippen LogP contribution >= 0.6 is 0 Å². The normalized spacial score (nSPS) is 24.7. The molecule has 2 aromatic rings. The number of likely N-dealkylation sites (tertiary alicyclic amines) is 1. The zero-order valence-electron chi connectivity index (χ0n) is 16.4. The van der Waals surface area contributed by atoms with Crippen LogP contribution in [0.4, 0.5) is 5.69 Å². The molecular weight excluding hydrogens is 368 g/mol. The molecule has 2 aromatic carbocycles. The van der Waals surface area contributed by atoms with E-state index in [0.29, 0.717) is 17.9 Å². The van der Waals surface area contributed by atoms with Crippen molar-refractivity contribution < 1.29 is 24.3 Å². The van der Waals surface area contributed by atoms with Crippen LogP contribution in [0.2, 0.25) is 0 Å². The highest BCUT2D eigenvalue weighted by Crippen LogP contribution is 2.27. The smallest absolute Gasteiger partial charge is 0.292 e. The average Bonchev–Trinajstić information content (AvgIpc) is 3.04. The lowest BCUT2D eigenvalue weighted by molar-refractivity contribution is -0.945. The summed E-state index contributed by atoms with van der Waals surface area (Å²) in [5.41, 5.74) is 0.582. The molecule has 2 N–H and O–H groups in total. The Hall–Kier alpha value is -2.70. The number of hydrogen-bond acceptors (Lipinski definition) is 4. The first-order valence-electron chi connectivity index (χ1n) is 10.3. The monoisotopic (exact) mass is 395 g/mol. The molecular formula is C23H27N2O4+. The SMILES string of the molecule is O=C1C[C@@H]([NH+]2CCCC[C@@H]2CCO)C(=O)N1c1ccc(Oc2ccccc2)cc1. The number of aliphatic hydroxyl groups excluding tert-OH is 1. The number of carbonyl (C=O) groups excluding carboxylic acids is 2. The molecule has 2 fully saturated rings. The van der Waals surface area contributed by atoms with Crippen LogP contribution in [0.5, 0.6) is 11.5 Å². The maximum absolute atomic E-state index is 13.1. The number of rotatable bonds is 6. The van der Waals surface area contributed by atoms with E-state index in [1.54, 1.807) is 24.3 Å². The van der Waals surface area contributed by atoms with E-state index in [1.807, 2.05) is 30.3 Å². The summed E-state index contributed by atoms with van der Waals surface area (Å²) in [5.74, 6) is 1.10. The zero-order chi connectivity index (χ0) is 20.2. The Labute approximate surface area is 170 Å². The van der Waals surface area contributed by atoms with Crippen molar-refractivity contribution in [2.45, 2.75) is 44.2 Å². The van der Waals surface area contributed by atoms with Crippen LogP contribution < -0.4 is 14.5 Å². The molecule has 2 saturated heterocycles. The first-order chi connectivity index (χ1) is 14.2. The highest BCUT2D eigenvalue weighted by Gasteiger charge is 2.48. The van der Waals surface area contributed by atoms with E-state index < -0.39 is 0 Å². The molecule has 2 aliphatic heterocycles. The maximum Gasteiger partial charge on any atom is 0.292 e. The number of carbonyl (C=O) groups is 2. The fourth-order valence-electron chi connectivity index (χ4n) is 4.53. The molecule has 152 valence electrons. The minimum atomic E-state index is -0.348. The van der Waals surface area contributed by atoms with E-state index in [2.05, 4.69) is 0 Å². The van der Waals surface area contributed by atoms with E-state index in [9.17, 15) is 14.7 Å². The molecule has 4 rings (SSSR count). The van der Waals surface area contributed by atoms with Crippen LogP contribution in [0, 0.1) is 0 Å². The molecule has 2 aliphatic rings. The Kier molecular flexibility index (Phi) is 5.92. The number of nitrogens with zero attached hydrogens (tertiary/aromatic N) is 1. The van der Waals surface area contributed by atoms with Crippen LogP contribution in [-0.2, 0) is 9.59 Å². The molecule has 3 atom stereocenters. The fraction of sp³-hybridized carbons (Fsp3) is 0.391. The van der Waals surface area contributed by atoms with E-state index in [0.717, 1.165) is 36.5 Å². The van der Waals surface area contributed by atoms with Gasteiger partial charge in [0.2, 0.25) is 5.91 Å². The van der Waals surface area contributed by atoms with Gasteiger partial charge in [0.05, 0.1) is 24.7 Å². The molecule has 0 aliphatic carbocycles. The lowest BCUT2D eigenvalue weighted by Crippen LogP contribution is -3.20. The van der Waals surface area contributed by atoms with Crippen molar-refractivity contribution in [3.8, 4) is 11.5 Å². The van der Waals surface area contributed by atoms with Gasteiger partial charge in [-0.15, -0.1) is 0 Å². The molecule has 2 amide bonds. The van der Waals surface area contributed by atoms with Gasteiger partial charge in [0.15, 0.2) is 6.04 Å². The highest BCUT2D eigenvalue weighted by molar-refractivity contribution is 6.21. The van der Waals surface area contributed by atoms with Crippen LogP contribution in [0.15, 0.2) is 54.6 Å². The summed E-state index contributed by atoms with van der Waals surface area (Å²) in [5, 5.41) is 9.37. The Bertz CT molecular complexity index is 851. The van der Waals surface area contributed by atoms with Gasteiger partial charge in [-0.05, 0) is 55.7 Å². The van der Waals surface area contributed by atoms with Crippen molar-refractivity contribution in [3.63, 3.8) is 0 Å². The van der Waals surface area contributed by atoms with Crippen LogP contribution in [0.3, 0.4) is 0 Å². The largest absolute Gasteiger partial charge is 0.457 e. The van der Waals surface area contributed by atoms with E-state index >= 15 is 0 Å². The van der Waals surface area contributed by atoms with Crippen molar-refractivity contribution in [2.24, 2.45) is 0 Å². The number of quaternary nitrogens is 1. The quantitative estimate of drug-likeness (QED) is 0.734. The topological polar surface area (TPSA) is 71.3 Å². The van der Waals surface area contributed by atoms with Gasteiger partial charge in [-0.25, -0.2) is 4.90 Å². The van der Waals surface area contributed by atoms with Gasteiger partial charge in [0.1, 0.15) is 11.5 Å². The molecule has 29 heavy (non-hydrogen) atoms. The summed E-state index contributed by atoms with van der Waals surface area (Å²) < 4.78 is 5.79. The molecule has 6 nitrogen and oxygen atoms in total. The Morgan fingerprint density at radius 2 is 1.72 bits per heavy atom. The minimum Gasteiger partial charge on any atom is -0.457 e. The van der Waals surface area contributed by atoms with Crippen LogP contribution in [-0.4, -0.2) is 42.2 Å². The summed E-state index contributed by atoms with van der Waals surface area (Å²) in [6.07, 6.45) is 4.09. The summed E-state index contributed by atoms with van der Waals surface area (Å²) in [6.45, 7) is 1.00. The first kappa shape index (κ1) is 19.6. The Morgan fingerprint density at radius 1 is 1.00 bits per heavy atom. The van der Waals surface area contributed by atoms with Crippen molar-refractivity contribution >= 4 is 17.5 Å². The maximum atomic E-state index is 13.1. The summed E-state index contributed by atoms with van der Waals surface area (Å²) >= 11 is 0. The summed E-state index contributed by atoms with van der Waals surface area (Å²) in [4.78, 5) is 28.3. The van der Waals surface area contributed by atoms with Crippen molar-refractivity contribution in [2.75, 3.05) is 18.1 Å². The number of hydrogen-bond donors (Lipinski definition) is 2. The number of nitrogens with one attached hydrogen (secondary N) is 1. The predicted molar refractivity (Wildman–Crippen MR) is 109 cm³/mol. The van der Waals surface area contributed by atoms with Crippen LogP contribution in [0.1, 0.15) is 32.1 Å². The van der Waals surface area contributed by atoms with Gasteiger partial charge in [0, 0.05) is 13.0 Å². The molecule has 6 heteroatoms. The lowest BCUT2D eigenvalue weighted by atomic mass is 9.97. The number of anilines is 1. The fourth-order valence-corrected chi connectivity index (χ4v) is 4.53. The summed E-state index contributed by atoms with van der Waals surface area (Å²) in [6, 6.07) is 16.4. The number of para-hydroxylation sites is 1. The third kappa shape index (κ3) is 4.18. The Balaban J connectivity index is 1.48. The third-order valence-corrected chi connectivity index (χ3v) is 5.94. The second-order valence-electron chi connectivity index (χ2n) is 7.76. The third-order valence-electron chi connectivity index (χ3n) is 5.94. The minimum absolute atomic E-state index is 0.121. The van der Waals surface area contributed by atoms with E-state index in [1.165, 1.54) is 4.90 Å². The van der Waals surface area contributed by atoms with Crippen LogP contribution in [0.25, 0.3) is 0 Å². The molecule has 1 unspecified atom stereocenters. The number of benzene rings is 2. The molecule has 0 spiro atoms. The van der Waals surface area contributed by atoms with Gasteiger partial charge in [-0.3, -0.25) is 9.59 Å². The van der Waals surface area contributed by atoms with Gasteiger partial charge in [-0.2, -0.15) is 0 Å². The number of imide groups is 1. The highest BCUT2D eigenvalue weighted by atomic mass is 16.5. The number of amides is 2. The molecule has 2 heterocycles. The second-order valence-corrected chi connectivity index (χ2v) is 7.76. The number of ether oxygens (including phenoxy) is 1. The van der Waals surface area contributed by atoms with Gasteiger partial charge in [-0.1, -0.05) is 18.2 Å². The second kappa shape index (κ2) is 8.76. The molecule has 0 bridgehead atoms. The van der Waals surface area contributed by atoms with Gasteiger partial charge in [0.25, 0.3) is 5.91 Å². The van der Waals surface area contributed by atoms with Crippen molar-refractivity contribution in [3.05, 3.63) is 54.6 Å². The lowest BCUT2D eigenvalue weighted by Gasteiger charge is -2.35. The van der Waals surface area contributed by atoms with Gasteiger partial charge < -0.3 is 14.7 Å². The number of aliphatic hydroxyl groups is 1. The van der Waals surface area contributed by atoms with Crippen molar-refractivity contribution in [1.82, 2.24) is 0 Å². The number of piperidine rings is 1. The van der Waals surface area contributed by atoms with Crippen molar-refractivity contribution in [1.29, 1.82) is 0 Å². The standard InChI is InChI=1S/C23H26N2O4/c26-15-13-17-6-4-5-14-24(17)21-16-22(27)25(23(21)28)18-9-11-20(12-10-18)29-19-7-2-1-3-8-19/h1-3,7-12,17,21,26H,4-6,13-16H2/p+1/t17-,21-/m1/s1. The molecule has 0 aromatic heterocycles. The summed E-state index contributed by atoms with van der Waals surface area (Å²) in [7, 11) is 0. The first-order valence-corrected chi connectivity index (χ1v) is 10.3. The predicted octanol–water partition coefficient (Wildman–Crippen LogP) is 1.93. The Morgan fingerprint density at radius 3 is 2.45 bits per heavy atom. The van der Waals surface area contributed by atoms with Gasteiger partial charge >= 0.3 is 0 Å². The molecule has 0 saturated carbocycles.